The Morgan fingerprint density at radius 3 is 2.53 bits per heavy atom. The van der Waals surface area contributed by atoms with E-state index in [9.17, 15) is 9.59 Å². The second kappa shape index (κ2) is 4.97. The third-order valence-electron chi connectivity index (χ3n) is 2.47. The maximum absolute atomic E-state index is 11.5. The molecule has 0 spiro atoms. The molecule has 0 bridgehead atoms. The van der Waals surface area contributed by atoms with Crippen molar-refractivity contribution in [1.29, 1.82) is 0 Å². The summed E-state index contributed by atoms with van der Waals surface area (Å²) in [7, 11) is 1.48. The summed E-state index contributed by atoms with van der Waals surface area (Å²) in [5.41, 5.74) is 0.564. The molecule has 0 aromatic heterocycles. The van der Waals surface area contributed by atoms with Crippen molar-refractivity contribution in [2.45, 2.75) is 6.42 Å². The van der Waals surface area contributed by atoms with Crippen molar-refractivity contribution in [3.63, 3.8) is 0 Å². The highest BCUT2D eigenvalue weighted by atomic mass is 16.7. The average Bonchev–Trinajstić information content (AvgIpc) is 2.35. The van der Waals surface area contributed by atoms with Crippen LogP contribution in [0.3, 0.4) is 0 Å². The SMILES string of the molecule is COCC(=O)c1ccc(ON2CCC2=O)cc1. The molecule has 1 aliphatic heterocycles. The van der Waals surface area contributed by atoms with Crippen molar-refractivity contribution < 1.29 is 19.2 Å². The zero-order chi connectivity index (χ0) is 12.3. The van der Waals surface area contributed by atoms with Gasteiger partial charge in [0.25, 0.3) is 5.91 Å². The van der Waals surface area contributed by atoms with E-state index in [-0.39, 0.29) is 18.3 Å². The number of nitrogens with zero attached hydrogens (tertiary/aromatic N) is 1. The largest absolute Gasteiger partial charge is 0.377 e. The minimum atomic E-state index is -0.0842. The van der Waals surface area contributed by atoms with Crippen molar-refractivity contribution in [1.82, 2.24) is 5.06 Å². The fourth-order valence-electron chi connectivity index (χ4n) is 1.43. The number of carbonyl (C=O) groups is 2. The highest BCUT2D eigenvalue weighted by Gasteiger charge is 2.25. The van der Waals surface area contributed by atoms with Crippen LogP contribution in [0.4, 0.5) is 0 Å². The van der Waals surface area contributed by atoms with Gasteiger partial charge in [-0.25, -0.2) is 0 Å². The molecule has 0 N–H and O–H groups in total. The van der Waals surface area contributed by atoms with Gasteiger partial charge in [0.15, 0.2) is 11.5 Å². The minimum Gasteiger partial charge on any atom is -0.377 e. The number of ketones is 1. The van der Waals surface area contributed by atoms with Crippen molar-refractivity contribution >= 4 is 11.7 Å². The summed E-state index contributed by atoms with van der Waals surface area (Å²) in [6.07, 6.45) is 0.532. The maximum atomic E-state index is 11.5. The zero-order valence-corrected chi connectivity index (χ0v) is 9.51. The van der Waals surface area contributed by atoms with Crippen molar-refractivity contribution in [3.05, 3.63) is 29.8 Å². The first-order valence-corrected chi connectivity index (χ1v) is 5.31. The highest BCUT2D eigenvalue weighted by Crippen LogP contribution is 2.17. The van der Waals surface area contributed by atoms with E-state index < -0.39 is 0 Å². The summed E-state index contributed by atoms with van der Waals surface area (Å²) >= 11 is 0. The molecule has 0 aliphatic carbocycles. The molecule has 5 heteroatoms. The Balaban J connectivity index is 1.97. The number of methoxy groups -OCH3 is 1. The van der Waals surface area contributed by atoms with Crippen molar-refractivity contribution in [2.24, 2.45) is 0 Å². The topological polar surface area (TPSA) is 55.8 Å². The van der Waals surface area contributed by atoms with Crippen LogP contribution in [-0.4, -0.2) is 37.0 Å². The number of β-lactam (4-membered cyclic amide) rings is 1. The Hall–Kier alpha value is -1.88. The van der Waals surface area contributed by atoms with Crippen LogP contribution in [0, 0.1) is 0 Å². The van der Waals surface area contributed by atoms with Crippen LogP contribution in [-0.2, 0) is 9.53 Å². The molecule has 0 atom stereocenters. The second-order valence-corrected chi connectivity index (χ2v) is 3.72. The Labute approximate surface area is 98.9 Å². The molecule has 1 aliphatic rings. The van der Waals surface area contributed by atoms with Crippen molar-refractivity contribution in [3.8, 4) is 5.75 Å². The van der Waals surface area contributed by atoms with Crippen molar-refractivity contribution in [2.75, 3.05) is 20.3 Å². The van der Waals surface area contributed by atoms with E-state index >= 15 is 0 Å². The number of hydrogen-bond donors (Lipinski definition) is 0. The summed E-state index contributed by atoms with van der Waals surface area (Å²) in [4.78, 5) is 27.8. The standard InChI is InChI=1S/C12H13NO4/c1-16-8-11(14)9-2-4-10(5-3-9)17-13-7-6-12(13)15/h2-5H,6-8H2,1H3. The highest BCUT2D eigenvalue weighted by molar-refractivity contribution is 5.97. The number of rotatable bonds is 5. The van der Waals surface area contributed by atoms with Gasteiger partial charge < -0.3 is 9.57 Å². The van der Waals surface area contributed by atoms with Crippen LogP contribution in [0.5, 0.6) is 5.75 Å². The number of carbonyl (C=O) groups excluding carboxylic acids is 2. The first-order chi connectivity index (χ1) is 8.20. The van der Waals surface area contributed by atoms with Crippen LogP contribution >= 0.6 is 0 Å². The number of hydroxylamine groups is 2. The van der Waals surface area contributed by atoms with Crippen LogP contribution in [0.15, 0.2) is 24.3 Å². The predicted molar refractivity (Wildman–Crippen MR) is 59.6 cm³/mol. The predicted octanol–water partition coefficient (Wildman–Crippen LogP) is 1.04. The van der Waals surface area contributed by atoms with Gasteiger partial charge in [0, 0.05) is 12.7 Å². The lowest BCUT2D eigenvalue weighted by Crippen LogP contribution is -2.45. The minimum absolute atomic E-state index is 0.0236. The smallest absolute Gasteiger partial charge is 0.257 e. The molecule has 1 amide bonds. The van der Waals surface area contributed by atoms with E-state index in [0.29, 0.717) is 24.3 Å². The lowest BCUT2D eigenvalue weighted by Gasteiger charge is -2.29. The van der Waals surface area contributed by atoms with Gasteiger partial charge in [0.2, 0.25) is 0 Å². The quantitative estimate of drug-likeness (QED) is 0.565. The first-order valence-electron chi connectivity index (χ1n) is 5.31. The van der Waals surface area contributed by atoms with Crippen LogP contribution < -0.4 is 4.84 Å². The zero-order valence-electron chi connectivity index (χ0n) is 9.51. The van der Waals surface area contributed by atoms with Gasteiger partial charge >= 0.3 is 0 Å². The average molecular weight is 235 g/mol. The van der Waals surface area contributed by atoms with E-state index in [1.54, 1.807) is 24.3 Å². The summed E-state index contributed by atoms with van der Waals surface area (Å²) in [5, 5.41) is 1.30. The third kappa shape index (κ3) is 2.62. The molecular formula is C12H13NO4. The normalized spacial score (nSPS) is 14.4. The van der Waals surface area contributed by atoms with E-state index in [0.717, 1.165) is 0 Å². The third-order valence-corrected chi connectivity index (χ3v) is 2.47. The van der Waals surface area contributed by atoms with Gasteiger partial charge in [-0.05, 0) is 24.3 Å². The van der Waals surface area contributed by atoms with Gasteiger partial charge in [-0.1, -0.05) is 0 Å². The van der Waals surface area contributed by atoms with Gasteiger partial charge in [0.1, 0.15) is 6.61 Å². The molecule has 17 heavy (non-hydrogen) atoms. The summed E-state index contributed by atoms with van der Waals surface area (Å²) in [6.45, 7) is 0.675. The second-order valence-electron chi connectivity index (χ2n) is 3.72. The van der Waals surface area contributed by atoms with Crippen LogP contribution in [0.1, 0.15) is 16.8 Å². The van der Waals surface area contributed by atoms with E-state index in [1.165, 1.54) is 12.2 Å². The number of amides is 1. The molecule has 0 radical (unpaired) electrons. The molecule has 1 heterocycles. The summed E-state index contributed by atoms with van der Waals surface area (Å²) in [6, 6.07) is 6.63. The monoisotopic (exact) mass is 235 g/mol. The van der Waals surface area contributed by atoms with E-state index in [2.05, 4.69) is 0 Å². The molecule has 5 nitrogen and oxygen atoms in total. The fraction of sp³-hybridized carbons (Fsp3) is 0.333. The number of ether oxygens (including phenoxy) is 1. The number of hydrogen-bond acceptors (Lipinski definition) is 4. The van der Waals surface area contributed by atoms with Gasteiger partial charge in [-0.3, -0.25) is 9.59 Å². The molecule has 2 rings (SSSR count). The number of Topliss-reactive ketones (excluding diaryl/α,β-unsaturated/α-hetero) is 1. The maximum Gasteiger partial charge on any atom is 0.257 e. The van der Waals surface area contributed by atoms with E-state index in [1.807, 2.05) is 0 Å². The summed E-state index contributed by atoms with van der Waals surface area (Å²) < 4.78 is 4.76. The first kappa shape index (κ1) is 11.6. The lowest BCUT2D eigenvalue weighted by atomic mass is 10.1. The molecule has 1 aromatic rings. The lowest BCUT2D eigenvalue weighted by molar-refractivity contribution is -0.174. The molecular weight excluding hydrogens is 222 g/mol. The molecule has 90 valence electrons. The van der Waals surface area contributed by atoms with Gasteiger partial charge in [0.05, 0.1) is 13.0 Å². The molecule has 0 saturated carbocycles. The van der Waals surface area contributed by atoms with Crippen LogP contribution in [0.25, 0.3) is 0 Å². The fourth-order valence-corrected chi connectivity index (χ4v) is 1.43. The van der Waals surface area contributed by atoms with Gasteiger partial charge in [-0.2, -0.15) is 5.06 Å². The Bertz CT molecular complexity index is 427. The molecule has 0 unspecified atom stereocenters. The molecule has 1 fully saturated rings. The molecule has 1 aromatic carbocycles. The van der Waals surface area contributed by atoms with E-state index in [4.69, 9.17) is 9.57 Å². The molecule has 1 saturated heterocycles. The Morgan fingerprint density at radius 2 is 2.06 bits per heavy atom. The number of benzene rings is 1. The van der Waals surface area contributed by atoms with Gasteiger partial charge in [-0.15, -0.1) is 0 Å². The summed E-state index contributed by atoms with van der Waals surface area (Å²) in [5.74, 6) is 0.440. The Kier molecular flexibility index (Phi) is 3.39. The Morgan fingerprint density at radius 1 is 1.35 bits per heavy atom. The van der Waals surface area contributed by atoms with Crippen LogP contribution in [0.2, 0.25) is 0 Å².